The van der Waals surface area contributed by atoms with Gasteiger partial charge in [0.15, 0.2) is 6.10 Å². The lowest BCUT2D eigenvalue weighted by Crippen LogP contribution is -2.27. The number of nitrogens with one attached hydrogen (secondary N) is 1. The number of hydrogen-bond donors (Lipinski definition) is 2. The Morgan fingerprint density at radius 1 is 1.07 bits per heavy atom. The molecule has 0 heterocycles. The van der Waals surface area contributed by atoms with Gasteiger partial charge in [-0.15, -0.1) is 0 Å². The molecule has 0 aromatic heterocycles. The molecule has 1 unspecified atom stereocenters. The second-order valence-corrected chi connectivity index (χ2v) is 6.83. The highest BCUT2D eigenvalue weighted by molar-refractivity contribution is 7.80. The summed E-state index contributed by atoms with van der Waals surface area (Å²) in [5.41, 5.74) is 3.27. The van der Waals surface area contributed by atoms with Crippen LogP contribution in [0, 0.1) is 0 Å². The third kappa shape index (κ3) is 6.45. The summed E-state index contributed by atoms with van der Waals surface area (Å²) in [7, 11) is 0. The Kier molecular flexibility index (Phi) is 8.43. The lowest BCUT2D eigenvalue weighted by Gasteiger charge is -2.19. The molecule has 2 rings (SSSR count). The van der Waals surface area contributed by atoms with E-state index in [0.717, 1.165) is 22.5 Å². The topological polar surface area (TPSA) is 58.6 Å². The molecule has 2 N–H and O–H groups in total. The van der Waals surface area contributed by atoms with Gasteiger partial charge in [0, 0.05) is 25.5 Å². The summed E-state index contributed by atoms with van der Waals surface area (Å²) in [6, 6.07) is 18.2. The van der Waals surface area contributed by atoms with Gasteiger partial charge in [-0.2, -0.15) is 0 Å². The van der Waals surface area contributed by atoms with E-state index in [2.05, 4.69) is 24.4 Å². The van der Waals surface area contributed by atoms with Gasteiger partial charge in [0.25, 0.3) is 0 Å². The minimum absolute atomic E-state index is 0.139. The summed E-state index contributed by atoms with van der Waals surface area (Å²) < 4.78 is 5.29. The van der Waals surface area contributed by atoms with Crippen molar-refractivity contribution in [3.8, 4) is 0 Å². The average Bonchev–Trinajstić information content (AvgIpc) is 2.68. The lowest BCUT2D eigenvalue weighted by molar-refractivity contribution is -0.149. The highest BCUT2D eigenvalue weighted by atomic mass is 32.1. The van der Waals surface area contributed by atoms with Gasteiger partial charge in [-0.1, -0.05) is 73.7 Å². The van der Waals surface area contributed by atoms with E-state index in [-0.39, 0.29) is 5.92 Å². The van der Waals surface area contributed by atoms with Crippen LogP contribution in [-0.4, -0.2) is 28.8 Å². The van der Waals surface area contributed by atoms with E-state index in [0.29, 0.717) is 19.6 Å². The van der Waals surface area contributed by atoms with E-state index < -0.39 is 12.1 Å². The molecule has 5 heteroatoms. The first-order valence-corrected chi connectivity index (χ1v) is 9.70. The molecule has 0 aliphatic carbocycles. The molecule has 27 heavy (non-hydrogen) atoms. The number of carboxylic acids is 1. The molecule has 2 atom stereocenters. The number of rotatable bonds is 10. The van der Waals surface area contributed by atoms with Crippen molar-refractivity contribution < 1.29 is 14.6 Å². The minimum atomic E-state index is -0.932. The van der Waals surface area contributed by atoms with Gasteiger partial charge >= 0.3 is 5.97 Å². The van der Waals surface area contributed by atoms with Crippen molar-refractivity contribution in [3.63, 3.8) is 0 Å². The van der Waals surface area contributed by atoms with Crippen LogP contribution in [-0.2, 0) is 22.5 Å². The molecule has 144 valence electrons. The van der Waals surface area contributed by atoms with Crippen LogP contribution in [0.2, 0.25) is 0 Å². The van der Waals surface area contributed by atoms with Crippen molar-refractivity contribution in [2.24, 2.45) is 0 Å². The molecule has 0 aliphatic rings. The van der Waals surface area contributed by atoms with Gasteiger partial charge in [0.2, 0.25) is 0 Å². The number of ether oxygens (including phenoxy) is 1. The third-order valence-corrected chi connectivity index (χ3v) is 4.91. The summed E-state index contributed by atoms with van der Waals surface area (Å²) in [5.74, 6) is -0.793. The summed E-state index contributed by atoms with van der Waals surface area (Å²) in [6.07, 6.45) is 0.449. The quantitative estimate of drug-likeness (QED) is 0.596. The van der Waals surface area contributed by atoms with Gasteiger partial charge in [-0.05, 0) is 30.0 Å². The monoisotopic (exact) mass is 385 g/mol. The Bertz CT molecular complexity index is 731. The number of thiocarbonyl (C=S) groups is 1. The van der Waals surface area contributed by atoms with Gasteiger partial charge in [0.05, 0.1) is 4.99 Å². The van der Waals surface area contributed by atoms with E-state index >= 15 is 0 Å². The average molecular weight is 386 g/mol. The van der Waals surface area contributed by atoms with Crippen LogP contribution in [0.4, 0.5) is 0 Å². The zero-order valence-electron chi connectivity index (χ0n) is 15.9. The largest absolute Gasteiger partial charge is 0.479 e. The van der Waals surface area contributed by atoms with Crippen LogP contribution in [0.3, 0.4) is 0 Å². The molecular formula is C22H27NO3S. The normalized spacial score (nSPS) is 13.0. The van der Waals surface area contributed by atoms with E-state index in [1.807, 2.05) is 42.5 Å². The van der Waals surface area contributed by atoms with Gasteiger partial charge in [-0.25, -0.2) is 4.79 Å². The Morgan fingerprint density at radius 3 is 2.30 bits per heavy atom. The van der Waals surface area contributed by atoms with E-state index in [1.165, 1.54) is 5.56 Å². The summed E-state index contributed by atoms with van der Waals surface area (Å²) >= 11 is 5.62. The van der Waals surface area contributed by atoms with Gasteiger partial charge in [0.1, 0.15) is 0 Å². The Morgan fingerprint density at radius 2 is 1.74 bits per heavy atom. The Hall–Kier alpha value is -2.24. The van der Waals surface area contributed by atoms with Crippen molar-refractivity contribution in [1.82, 2.24) is 5.32 Å². The van der Waals surface area contributed by atoms with Crippen LogP contribution in [0.1, 0.15) is 42.9 Å². The first-order valence-electron chi connectivity index (χ1n) is 9.30. The fourth-order valence-corrected chi connectivity index (χ4v) is 3.37. The number of aliphatic carboxylic acids is 1. The molecule has 2 aromatic carbocycles. The van der Waals surface area contributed by atoms with Crippen LogP contribution in [0.5, 0.6) is 0 Å². The van der Waals surface area contributed by atoms with Gasteiger partial charge in [-0.3, -0.25) is 0 Å². The number of carbonyl (C=O) groups is 1. The number of hydrogen-bond acceptors (Lipinski definition) is 3. The summed E-state index contributed by atoms with van der Waals surface area (Å²) in [5, 5.41) is 12.6. The molecule has 0 saturated carbocycles. The molecule has 2 aromatic rings. The zero-order valence-corrected chi connectivity index (χ0v) is 16.7. The molecule has 0 amide bonds. The van der Waals surface area contributed by atoms with E-state index in [4.69, 9.17) is 17.0 Å². The summed E-state index contributed by atoms with van der Waals surface area (Å²) in [4.78, 5) is 12.1. The highest BCUT2D eigenvalue weighted by Gasteiger charge is 2.19. The number of carboxylic acid groups (broad SMARTS) is 1. The fourth-order valence-electron chi connectivity index (χ4n) is 3.00. The van der Waals surface area contributed by atoms with Crippen molar-refractivity contribution >= 4 is 23.2 Å². The van der Waals surface area contributed by atoms with Crippen LogP contribution in [0.15, 0.2) is 54.6 Å². The molecular weight excluding hydrogens is 358 g/mol. The SMILES string of the molecule is CCO[C@H](Cc1ccc(C(CC)C(=S)NCc2ccccc2)cc1)C(=O)O. The first kappa shape index (κ1) is 21.1. The fraction of sp³-hybridized carbons (Fsp3) is 0.364. The second kappa shape index (κ2) is 10.8. The standard InChI is InChI=1S/C22H27NO3S/c1-3-19(21(27)23-15-17-8-6-5-7-9-17)18-12-10-16(11-13-18)14-20(22(24)25)26-4-2/h5-13,19-20H,3-4,14-15H2,1-2H3,(H,23,27)(H,24,25)/t19?,20-/m1/s1. The molecule has 0 radical (unpaired) electrons. The van der Waals surface area contributed by atoms with E-state index in [1.54, 1.807) is 6.92 Å². The maximum atomic E-state index is 11.2. The maximum absolute atomic E-state index is 11.2. The maximum Gasteiger partial charge on any atom is 0.333 e. The molecule has 0 saturated heterocycles. The van der Waals surface area contributed by atoms with Crippen molar-refractivity contribution in [1.29, 1.82) is 0 Å². The Balaban J connectivity index is 2.00. The molecule has 4 nitrogen and oxygen atoms in total. The molecule has 0 aliphatic heterocycles. The molecule has 0 fully saturated rings. The zero-order chi connectivity index (χ0) is 19.6. The van der Waals surface area contributed by atoms with Crippen LogP contribution >= 0.6 is 12.2 Å². The number of benzene rings is 2. The van der Waals surface area contributed by atoms with Crippen LogP contribution < -0.4 is 5.32 Å². The lowest BCUT2D eigenvalue weighted by atomic mass is 9.94. The smallest absolute Gasteiger partial charge is 0.333 e. The van der Waals surface area contributed by atoms with E-state index in [9.17, 15) is 9.90 Å². The van der Waals surface area contributed by atoms with Gasteiger partial charge < -0.3 is 15.2 Å². The molecule has 0 spiro atoms. The first-order chi connectivity index (χ1) is 13.0. The predicted molar refractivity (Wildman–Crippen MR) is 112 cm³/mol. The second-order valence-electron chi connectivity index (χ2n) is 6.39. The van der Waals surface area contributed by atoms with Crippen molar-refractivity contribution in [2.75, 3.05) is 6.61 Å². The van der Waals surface area contributed by atoms with Crippen molar-refractivity contribution in [2.45, 2.75) is 45.3 Å². The van der Waals surface area contributed by atoms with Crippen molar-refractivity contribution in [3.05, 3.63) is 71.3 Å². The predicted octanol–water partition coefficient (Wildman–Crippen LogP) is 4.33. The van der Waals surface area contributed by atoms with Crippen LogP contribution in [0.25, 0.3) is 0 Å². The highest BCUT2D eigenvalue weighted by Crippen LogP contribution is 2.22. The minimum Gasteiger partial charge on any atom is -0.479 e. The Labute approximate surface area is 166 Å². The molecule has 0 bridgehead atoms. The third-order valence-electron chi connectivity index (χ3n) is 4.48. The summed E-state index contributed by atoms with van der Waals surface area (Å²) in [6.45, 7) is 5.01.